The van der Waals surface area contributed by atoms with E-state index >= 15 is 0 Å². The molecule has 0 saturated heterocycles. The molecule has 0 aromatic heterocycles. The Bertz CT molecular complexity index is 923. The quantitative estimate of drug-likeness (QED) is 0.915. The van der Waals surface area contributed by atoms with Gasteiger partial charge in [-0.1, -0.05) is 12.1 Å². The summed E-state index contributed by atoms with van der Waals surface area (Å²) in [6, 6.07) is 10.6. The van der Waals surface area contributed by atoms with Crippen LogP contribution >= 0.6 is 0 Å². The highest BCUT2D eigenvalue weighted by molar-refractivity contribution is 7.92. The van der Waals surface area contributed by atoms with Crippen molar-refractivity contribution in [1.82, 2.24) is 0 Å². The smallest absolute Gasteiger partial charge is 0.264 e. The second kappa shape index (κ2) is 6.04. The Labute approximate surface area is 147 Å². The molecule has 0 saturated carbocycles. The number of methoxy groups -OCH3 is 1. The third-order valence-electron chi connectivity index (χ3n) is 5.13. The average molecular weight is 359 g/mol. The number of anilines is 1. The predicted octanol–water partition coefficient (Wildman–Crippen LogP) is 2.82. The Kier molecular flexibility index (Phi) is 3.96. The molecule has 2 aliphatic rings. The van der Waals surface area contributed by atoms with E-state index in [-0.39, 0.29) is 6.54 Å². The third kappa shape index (κ3) is 2.69. The number of sulfonamides is 1. The van der Waals surface area contributed by atoms with Crippen LogP contribution in [0.2, 0.25) is 0 Å². The summed E-state index contributed by atoms with van der Waals surface area (Å²) in [4.78, 5) is 0.318. The first-order valence-electron chi connectivity index (χ1n) is 8.51. The van der Waals surface area contributed by atoms with Gasteiger partial charge < -0.3 is 9.84 Å². The number of nitrogens with zero attached hydrogens (tertiary/aromatic N) is 1. The SMILES string of the molecule is COc1ccc2c(c1)N(S(=O)(=O)c1ccc3c(c1)CCC3)CCC2O. The zero-order valence-corrected chi connectivity index (χ0v) is 14.9. The summed E-state index contributed by atoms with van der Waals surface area (Å²) in [5.41, 5.74) is 3.49. The molecule has 0 bridgehead atoms. The highest BCUT2D eigenvalue weighted by Crippen LogP contribution is 2.39. The lowest BCUT2D eigenvalue weighted by molar-refractivity contribution is 0.166. The number of fused-ring (bicyclic) bond motifs is 2. The van der Waals surface area contributed by atoms with Crippen molar-refractivity contribution in [3.8, 4) is 5.75 Å². The molecule has 0 amide bonds. The van der Waals surface area contributed by atoms with Crippen molar-refractivity contribution in [2.24, 2.45) is 0 Å². The van der Waals surface area contributed by atoms with Crippen LogP contribution in [0.5, 0.6) is 5.75 Å². The number of benzene rings is 2. The monoisotopic (exact) mass is 359 g/mol. The molecule has 0 spiro atoms. The minimum atomic E-state index is -3.68. The Morgan fingerprint density at radius 1 is 1.12 bits per heavy atom. The van der Waals surface area contributed by atoms with Gasteiger partial charge in [0.2, 0.25) is 0 Å². The summed E-state index contributed by atoms with van der Waals surface area (Å²) in [6.07, 6.45) is 2.75. The van der Waals surface area contributed by atoms with Crippen molar-refractivity contribution >= 4 is 15.7 Å². The van der Waals surface area contributed by atoms with Gasteiger partial charge in [-0.25, -0.2) is 8.42 Å². The van der Waals surface area contributed by atoms with Crippen LogP contribution in [0.4, 0.5) is 5.69 Å². The zero-order valence-electron chi connectivity index (χ0n) is 14.1. The molecule has 0 radical (unpaired) electrons. The van der Waals surface area contributed by atoms with Crippen LogP contribution in [0.25, 0.3) is 0 Å². The maximum absolute atomic E-state index is 13.3. The van der Waals surface area contributed by atoms with Gasteiger partial charge in [-0.3, -0.25) is 4.31 Å². The Hall–Kier alpha value is -2.05. The molecule has 1 atom stereocenters. The first-order valence-corrected chi connectivity index (χ1v) is 9.95. The van der Waals surface area contributed by atoms with E-state index < -0.39 is 16.1 Å². The zero-order chi connectivity index (χ0) is 17.6. The molecule has 132 valence electrons. The van der Waals surface area contributed by atoms with E-state index in [0.717, 1.165) is 24.8 Å². The molecule has 1 heterocycles. The largest absolute Gasteiger partial charge is 0.497 e. The van der Waals surface area contributed by atoms with E-state index in [4.69, 9.17) is 4.74 Å². The van der Waals surface area contributed by atoms with Crippen LogP contribution in [0.1, 0.15) is 35.6 Å². The minimum Gasteiger partial charge on any atom is -0.497 e. The summed E-state index contributed by atoms with van der Waals surface area (Å²) < 4.78 is 33.2. The maximum Gasteiger partial charge on any atom is 0.264 e. The second-order valence-electron chi connectivity index (χ2n) is 6.59. The van der Waals surface area contributed by atoms with Crippen LogP contribution in [0.15, 0.2) is 41.3 Å². The van der Waals surface area contributed by atoms with Crippen LogP contribution in [0.3, 0.4) is 0 Å². The Balaban J connectivity index is 1.80. The highest BCUT2D eigenvalue weighted by atomic mass is 32.2. The molecule has 2 aromatic carbocycles. The van der Waals surface area contributed by atoms with Gasteiger partial charge in [0.1, 0.15) is 5.75 Å². The van der Waals surface area contributed by atoms with Gasteiger partial charge >= 0.3 is 0 Å². The Morgan fingerprint density at radius 2 is 1.92 bits per heavy atom. The lowest BCUT2D eigenvalue weighted by atomic mass is 10.0. The molecule has 0 fully saturated rings. The lowest BCUT2D eigenvalue weighted by Gasteiger charge is -2.33. The summed E-state index contributed by atoms with van der Waals surface area (Å²) >= 11 is 0. The number of aliphatic hydroxyl groups excluding tert-OH is 1. The number of ether oxygens (including phenoxy) is 1. The fourth-order valence-corrected chi connectivity index (χ4v) is 5.30. The molecule has 1 aliphatic carbocycles. The van der Waals surface area contributed by atoms with Gasteiger partial charge in [-0.2, -0.15) is 0 Å². The van der Waals surface area contributed by atoms with E-state index in [1.807, 2.05) is 12.1 Å². The summed E-state index contributed by atoms with van der Waals surface area (Å²) in [6.45, 7) is 0.251. The third-order valence-corrected chi connectivity index (χ3v) is 6.94. The lowest BCUT2D eigenvalue weighted by Crippen LogP contribution is -2.36. The van der Waals surface area contributed by atoms with Crippen LogP contribution in [-0.4, -0.2) is 27.2 Å². The van der Waals surface area contributed by atoms with E-state index in [9.17, 15) is 13.5 Å². The number of aliphatic hydroxyl groups is 1. The van der Waals surface area contributed by atoms with Crippen LogP contribution < -0.4 is 9.04 Å². The number of aryl methyl sites for hydroxylation is 2. The van der Waals surface area contributed by atoms with Crippen LogP contribution in [0, 0.1) is 0 Å². The summed E-state index contributed by atoms with van der Waals surface area (Å²) in [5.74, 6) is 0.571. The van der Waals surface area contributed by atoms with Crippen molar-refractivity contribution in [3.63, 3.8) is 0 Å². The molecule has 6 heteroatoms. The first kappa shape index (κ1) is 16.4. The first-order chi connectivity index (χ1) is 12.0. The fourth-order valence-electron chi connectivity index (χ4n) is 3.75. The molecule has 1 aliphatic heterocycles. The molecule has 5 nitrogen and oxygen atoms in total. The maximum atomic E-state index is 13.3. The number of rotatable bonds is 3. The van der Waals surface area contributed by atoms with Crippen molar-refractivity contribution < 1.29 is 18.3 Å². The fraction of sp³-hybridized carbons (Fsp3) is 0.368. The topological polar surface area (TPSA) is 66.8 Å². The van der Waals surface area contributed by atoms with E-state index in [0.29, 0.717) is 28.3 Å². The van der Waals surface area contributed by atoms with Crippen molar-refractivity contribution in [2.75, 3.05) is 18.0 Å². The summed E-state index contributed by atoms with van der Waals surface area (Å²) in [7, 11) is -2.14. The molecule has 1 N–H and O–H groups in total. The molecule has 25 heavy (non-hydrogen) atoms. The van der Waals surface area contributed by atoms with Crippen molar-refractivity contribution in [3.05, 3.63) is 53.1 Å². The van der Waals surface area contributed by atoms with Gasteiger partial charge in [0.25, 0.3) is 10.0 Å². The van der Waals surface area contributed by atoms with E-state index in [2.05, 4.69) is 0 Å². The normalized spacial score (nSPS) is 19.4. The van der Waals surface area contributed by atoms with E-state index in [1.165, 1.54) is 9.87 Å². The second-order valence-corrected chi connectivity index (χ2v) is 8.45. The average Bonchev–Trinajstić information content (AvgIpc) is 3.09. The molecular weight excluding hydrogens is 338 g/mol. The van der Waals surface area contributed by atoms with Gasteiger partial charge in [-0.05, 0) is 55.0 Å². The molecular formula is C19H21NO4S. The van der Waals surface area contributed by atoms with Crippen molar-refractivity contribution in [1.29, 1.82) is 0 Å². The summed E-state index contributed by atoms with van der Waals surface area (Å²) in [5, 5.41) is 10.2. The van der Waals surface area contributed by atoms with Gasteiger partial charge in [0.05, 0.1) is 23.8 Å². The standard InChI is InChI=1S/C19H21NO4S/c1-24-15-6-8-17-18(12-15)20(10-9-19(17)21)25(22,23)16-7-5-13-3-2-4-14(13)11-16/h5-8,11-12,19,21H,2-4,9-10H2,1H3. The predicted molar refractivity (Wildman–Crippen MR) is 95.6 cm³/mol. The molecule has 2 aromatic rings. The van der Waals surface area contributed by atoms with E-state index in [1.54, 1.807) is 31.4 Å². The number of hydrogen-bond acceptors (Lipinski definition) is 4. The minimum absolute atomic E-state index is 0.251. The molecule has 4 rings (SSSR count). The number of hydrogen-bond donors (Lipinski definition) is 1. The van der Waals surface area contributed by atoms with Gasteiger partial charge in [-0.15, -0.1) is 0 Å². The van der Waals surface area contributed by atoms with Gasteiger partial charge in [0.15, 0.2) is 0 Å². The van der Waals surface area contributed by atoms with Gasteiger partial charge in [0, 0.05) is 18.2 Å². The van der Waals surface area contributed by atoms with Crippen LogP contribution in [-0.2, 0) is 22.9 Å². The molecule has 1 unspecified atom stereocenters. The Morgan fingerprint density at radius 3 is 2.72 bits per heavy atom. The van der Waals surface area contributed by atoms with Crippen molar-refractivity contribution in [2.45, 2.75) is 36.7 Å². The highest BCUT2D eigenvalue weighted by Gasteiger charge is 2.33.